The zero-order valence-corrected chi connectivity index (χ0v) is 10.5. The molecule has 3 atom stereocenters. The van der Waals surface area contributed by atoms with E-state index in [1.807, 2.05) is 0 Å². The summed E-state index contributed by atoms with van der Waals surface area (Å²) in [7, 11) is 0. The maximum absolute atomic E-state index is 12.3. The second-order valence-corrected chi connectivity index (χ2v) is 5.55. The van der Waals surface area contributed by atoms with E-state index in [9.17, 15) is 4.79 Å². The lowest BCUT2D eigenvalue weighted by Crippen LogP contribution is -2.45. The van der Waals surface area contributed by atoms with Crippen LogP contribution in [0.5, 0.6) is 0 Å². The lowest BCUT2D eigenvalue weighted by Gasteiger charge is -2.23. The highest BCUT2D eigenvalue weighted by Crippen LogP contribution is 2.23. The molecular weight excluding hydrogens is 200 g/mol. The third kappa shape index (κ3) is 2.57. The zero-order valence-electron chi connectivity index (χ0n) is 10.5. The van der Waals surface area contributed by atoms with Crippen molar-refractivity contribution in [2.45, 2.75) is 45.6 Å². The lowest BCUT2D eigenvalue weighted by molar-refractivity contribution is -0.132. The monoisotopic (exact) mass is 224 g/mol. The van der Waals surface area contributed by atoms with Crippen molar-refractivity contribution in [3.63, 3.8) is 0 Å². The van der Waals surface area contributed by atoms with Crippen molar-refractivity contribution in [2.75, 3.05) is 19.6 Å². The van der Waals surface area contributed by atoms with Gasteiger partial charge in [-0.15, -0.1) is 0 Å². The van der Waals surface area contributed by atoms with Crippen LogP contribution in [0.15, 0.2) is 0 Å². The van der Waals surface area contributed by atoms with Gasteiger partial charge in [-0.3, -0.25) is 4.79 Å². The first-order valence-electron chi connectivity index (χ1n) is 6.70. The topological polar surface area (TPSA) is 32.3 Å². The molecule has 0 bridgehead atoms. The largest absolute Gasteiger partial charge is 0.341 e. The van der Waals surface area contributed by atoms with Crippen LogP contribution in [-0.2, 0) is 4.79 Å². The van der Waals surface area contributed by atoms with Gasteiger partial charge in [0.2, 0.25) is 5.91 Å². The summed E-state index contributed by atoms with van der Waals surface area (Å²) in [4.78, 5) is 14.4. The van der Waals surface area contributed by atoms with Crippen molar-refractivity contribution >= 4 is 5.91 Å². The first-order valence-corrected chi connectivity index (χ1v) is 6.70. The maximum Gasteiger partial charge on any atom is 0.239 e. The van der Waals surface area contributed by atoms with Crippen LogP contribution in [0.2, 0.25) is 0 Å². The Bertz CT molecular complexity index is 232. The number of likely N-dealkylation sites (tertiary alicyclic amines) is 1. The molecule has 1 amide bonds. The Labute approximate surface area is 98.6 Å². The first kappa shape index (κ1) is 11.9. The molecular formula is C13H24N2O. The molecule has 0 saturated carbocycles. The van der Waals surface area contributed by atoms with E-state index < -0.39 is 0 Å². The molecule has 2 rings (SSSR count). The van der Waals surface area contributed by atoms with E-state index in [4.69, 9.17) is 0 Å². The fourth-order valence-corrected chi connectivity index (χ4v) is 2.77. The van der Waals surface area contributed by atoms with Crippen molar-refractivity contribution in [3.05, 3.63) is 0 Å². The highest BCUT2D eigenvalue weighted by Gasteiger charge is 2.32. The molecule has 0 aliphatic carbocycles. The third-order valence-electron chi connectivity index (χ3n) is 4.16. The van der Waals surface area contributed by atoms with E-state index in [2.05, 4.69) is 24.1 Å². The van der Waals surface area contributed by atoms with Crippen LogP contribution >= 0.6 is 0 Å². The minimum absolute atomic E-state index is 0.0972. The molecule has 3 nitrogen and oxygen atoms in total. The van der Waals surface area contributed by atoms with Crippen molar-refractivity contribution in [1.29, 1.82) is 0 Å². The summed E-state index contributed by atoms with van der Waals surface area (Å²) in [5, 5.41) is 3.40. The molecule has 0 spiro atoms. The molecule has 92 valence electrons. The van der Waals surface area contributed by atoms with Crippen LogP contribution in [-0.4, -0.2) is 36.5 Å². The number of nitrogens with one attached hydrogen (secondary N) is 1. The minimum Gasteiger partial charge on any atom is -0.341 e. The molecule has 0 aromatic heterocycles. The summed E-state index contributed by atoms with van der Waals surface area (Å²) in [6.45, 7) is 7.42. The average molecular weight is 224 g/mol. The van der Waals surface area contributed by atoms with Gasteiger partial charge in [-0.05, 0) is 31.2 Å². The second kappa shape index (κ2) is 5.17. The standard InChI is InChI=1S/C13H24N2O/c1-10-8-15(9-11(10)2)13(16)12-6-4-3-5-7-14-12/h10-12,14H,3-9H2,1-2H3. The van der Waals surface area contributed by atoms with E-state index >= 15 is 0 Å². The first-order chi connectivity index (χ1) is 7.68. The Morgan fingerprint density at radius 3 is 2.50 bits per heavy atom. The summed E-state index contributed by atoms with van der Waals surface area (Å²) in [6.07, 6.45) is 4.71. The number of carbonyl (C=O) groups excluding carboxylic acids is 1. The van der Waals surface area contributed by atoms with Gasteiger partial charge in [0.15, 0.2) is 0 Å². The molecule has 3 unspecified atom stereocenters. The highest BCUT2D eigenvalue weighted by atomic mass is 16.2. The second-order valence-electron chi connectivity index (χ2n) is 5.55. The van der Waals surface area contributed by atoms with Gasteiger partial charge < -0.3 is 10.2 Å². The molecule has 0 radical (unpaired) electrons. The van der Waals surface area contributed by atoms with Gasteiger partial charge in [0.25, 0.3) is 0 Å². The van der Waals surface area contributed by atoms with Gasteiger partial charge in [0, 0.05) is 13.1 Å². The summed E-state index contributed by atoms with van der Waals surface area (Å²) >= 11 is 0. The summed E-state index contributed by atoms with van der Waals surface area (Å²) in [5.41, 5.74) is 0. The van der Waals surface area contributed by atoms with E-state index in [0.29, 0.717) is 17.7 Å². The molecule has 2 saturated heterocycles. The van der Waals surface area contributed by atoms with Crippen LogP contribution in [0.25, 0.3) is 0 Å². The predicted molar refractivity (Wildman–Crippen MR) is 65.2 cm³/mol. The van der Waals surface area contributed by atoms with Gasteiger partial charge in [-0.2, -0.15) is 0 Å². The van der Waals surface area contributed by atoms with Crippen LogP contribution in [0.3, 0.4) is 0 Å². The van der Waals surface area contributed by atoms with Crippen molar-refractivity contribution in [1.82, 2.24) is 10.2 Å². The van der Waals surface area contributed by atoms with Crippen LogP contribution in [0, 0.1) is 11.8 Å². The average Bonchev–Trinajstić information content (AvgIpc) is 2.51. The fourth-order valence-electron chi connectivity index (χ4n) is 2.77. The molecule has 0 aromatic rings. The van der Waals surface area contributed by atoms with Crippen LogP contribution in [0.1, 0.15) is 39.5 Å². The Kier molecular flexibility index (Phi) is 3.85. The lowest BCUT2D eigenvalue weighted by atomic mass is 10.0. The van der Waals surface area contributed by atoms with Crippen LogP contribution < -0.4 is 5.32 Å². The zero-order chi connectivity index (χ0) is 11.5. The van der Waals surface area contributed by atoms with Crippen molar-refractivity contribution in [3.8, 4) is 0 Å². The van der Waals surface area contributed by atoms with Gasteiger partial charge in [-0.1, -0.05) is 26.7 Å². The summed E-state index contributed by atoms with van der Waals surface area (Å²) < 4.78 is 0. The molecule has 1 N–H and O–H groups in total. The number of amides is 1. The Morgan fingerprint density at radius 2 is 1.81 bits per heavy atom. The van der Waals surface area contributed by atoms with E-state index in [1.54, 1.807) is 0 Å². The fraction of sp³-hybridized carbons (Fsp3) is 0.923. The van der Waals surface area contributed by atoms with Crippen LogP contribution in [0.4, 0.5) is 0 Å². The van der Waals surface area contributed by atoms with E-state index in [0.717, 1.165) is 26.1 Å². The maximum atomic E-state index is 12.3. The number of nitrogens with zero attached hydrogens (tertiary/aromatic N) is 1. The summed E-state index contributed by atoms with van der Waals surface area (Å²) in [6, 6.07) is 0.0972. The normalized spacial score (nSPS) is 36.1. The molecule has 2 aliphatic rings. The van der Waals surface area contributed by atoms with E-state index in [1.165, 1.54) is 19.3 Å². The van der Waals surface area contributed by atoms with Gasteiger partial charge in [0.05, 0.1) is 6.04 Å². The van der Waals surface area contributed by atoms with Gasteiger partial charge >= 0.3 is 0 Å². The van der Waals surface area contributed by atoms with E-state index in [-0.39, 0.29) is 6.04 Å². The molecule has 16 heavy (non-hydrogen) atoms. The Morgan fingerprint density at radius 1 is 1.12 bits per heavy atom. The number of carbonyl (C=O) groups is 1. The third-order valence-corrected chi connectivity index (χ3v) is 4.16. The van der Waals surface area contributed by atoms with Gasteiger partial charge in [0.1, 0.15) is 0 Å². The summed E-state index contributed by atoms with van der Waals surface area (Å²) in [5.74, 6) is 1.67. The SMILES string of the molecule is CC1CN(C(=O)C2CCCCCN2)CC1C. The van der Waals surface area contributed by atoms with Gasteiger partial charge in [-0.25, -0.2) is 0 Å². The quantitative estimate of drug-likeness (QED) is 0.734. The molecule has 0 aromatic carbocycles. The smallest absolute Gasteiger partial charge is 0.239 e. The Hall–Kier alpha value is -0.570. The minimum atomic E-state index is 0.0972. The van der Waals surface area contributed by atoms with Crippen molar-refractivity contribution in [2.24, 2.45) is 11.8 Å². The number of rotatable bonds is 1. The predicted octanol–water partition coefficient (Wildman–Crippen LogP) is 1.63. The van der Waals surface area contributed by atoms with Crippen molar-refractivity contribution < 1.29 is 4.79 Å². The highest BCUT2D eigenvalue weighted by molar-refractivity contribution is 5.82. The molecule has 2 aliphatic heterocycles. The molecule has 3 heteroatoms. The Balaban J connectivity index is 1.91. The number of hydrogen-bond donors (Lipinski definition) is 1. The molecule has 2 heterocycles. The molecule has 2 fully saturated rings. The number of hydrogen-bond acceptors (Lipinski definition) is 2.